The Balaban J connectivity index is 1.44. The summed E-state index contributed by atoms with van der Waals surface area (Å²) in [5.74, 6) is 0.643. The lowest BCUT2D eigenvalue weighted by Gasteiger charge is -2.32. The molecule has 2 aliphatic rings. The summed E-state index contributed by atoms with van der Waals surface area (Å²) in [5.41, 5.74) is 3.63. The number of rotatable bonds is 6. The zero-order valence-corrected chi connectivity index (χ0v) is 16.2. The number of carbonyl (C=O) groups is 1. The molecule has 1 saturated carbocycles. The van der Waals surface area contributed by atoms with Crippen molar-refractivity contribution < 1.29 is 9.53 Å². The fourth-order valence-corrected chi connectivity index (χ4v) is 3.99. The first kappa shape index (κ1) is 18.2. The number of hydrogen-bond donors (Lipinski definition) is 0. The maximum Gasteiger partial charge on any atom is 0.338 e. The number of aryl methyl sites for hydroxylation is 1. The summed E-state index contributed by atoms with van der Waals surface area (Å²) in [4.78, 5) is 18.8. The van der Waals surface area contributed by atoms with E-state index in [4.69, 9.17) is 9.84 Å². The second kappa shape index (κ2) is 7.80. The molecule has 2 aromatic heterocycles. The maximum absolute atomic E-state index is 12.0. The van der Waals surface area contributed by atoms with E-state index in [-0.39, 0.29) is 5.97 Å². The van der Waals surface area contributed by atoms with E-state index in [1.54, 1.807) is 18.5 Å². The third-order valence-electron chi connectivity index (χ3n) is 5.85. The Morgan fingerprint density at radius 1 is 1.22 bits per heavy atom. The lowest BCUT2D eigenvalue weighted by Crippen LogP contribution is -2.36. The predicted octanol–water partition coefficient (Wildman–Crippen LogP) is 3.01. The van der Waals surface area contributed by atoms with Gasteiger partial charge in [0.05, 0.1) is 24.4 Å². The molecular formula is C21H28N4O2. The number of ether oxygens (including phenoxy) is 1. The Morgan fingerprint density at radius 3 is 2.70 bits per heavy atom. The first-order valence-electron chi connectivity index (χ1n) is 9.92. The van der Waals surface area contributed by atoms with Crippen molar-refractivity contribution in [2.75, 3.05) is 26.7 Å². The third kappa shape index (κ3) is 4.21. The van der Waals surface area contributed by atoms with Crippen LogP contribution in [0.3, 0.4) is 0 Å². The van der Waals surface area contributed by atoms with Crippen LogP contribution in [0.2, 0.25) is 0 Å². The van der Waals surface area contributed by atoms with Gasteiger partial charge in [-0.05, 0) is 55.7 Å². The van der Waals surface area contributed by atoms with Crippen molar-refractivity contribution in [3.8, 4) is 0 Å². The summed E-state index contributed by atoms with van der Waals surface area (Å²) in [6.07, 6.45) is 11.3. The van der Waals surface area contributed by atoms with Crippen LogP contribution in [0, 0.1) is 12.8 Å². The number of methoxy groups -OCH3 is 1. The molecule has 1 aliphatic carbocycles. The molecule has 0 unspecified atom stereocenters. The number of hydrogen-bond acceptors (Lipinski definition) is 5. The molecule has 4 rings (SSSR count). The van der Waals surface area contributed by atoms with E-state index in [0.29, 0.717) is 18.0 Å². The standard InChI is InChI=1S/C21H28N4O2/c1-15-18(11-17-12-22-8-5-20(17)21(26)27-2)14-25(23-15)19-6-9-24(10-7-19)13-16-3-4-16/h5,8,12,14,16,19H,3-4,6-7,9-11,13H2,1-2H3. The largest absolute Gasteiger partial charge is 0.465 e. The second-order valence-corrected chi connectivity index (χ2v) is 7.90. The highest BCUT2D eigenvalue weighted by Gasteiger charge is 2.28. The van der Waals surface area contributed by atoms with E-state index < -0.39 is 0 Å². The van der Waals surface area contributed by atoms with Crippen LogP contribution in [0.1, 0.15) is 58.9 Å². The van der Waals surface area contributed by atoms with E-state index >= 15 is 0 Å². The summed E-state index contributed by atoms with van der Waals surface area (Å²) in [6.45, 7) is 5.67. The number of piperidine rings is 1. The molecule has 3 heterocycles. The van der Waals surface area contributed by atoms with Gasteiger partial charge >= 0.3 is 5.97 Å². The molecule has 0 N–H and O–H groups in total. The lowest BCUT2D eigenvalue weighted by molar-refractivity contribution is 0.0599. The Bertz CT molecular complexity index is 804. The van der Waals surface area contributed by atoms with E-state index in [0.717, 1.165) is 35.6 Å². The summed E-state index contributed by atoms with van der Waals surface area (Å²) in [7, 11) is 1.41. The second-order valence-electron chi connectivity index (χ2n) is 7.90. The van der Waals surface area contributed by atoms with Gasteiger partial charge in [0, 0.05) is 44.6 Å². The summed E-state index contributed by atoms with van der Waals surface area (Å²) in [6, 6.07) is 2.19. The van der Waals surface area contributed by atoms with Crippen molar-refractivity contribution in [2.24, 2.45) is 5.92 Å². The molecule has 0 bridgehead atoms. The van der Waals surface area contributed by atoms with E-state index in [2.05, 4.69) is 20.8 Å². The first-order valence-corrected chi connectivity index (χ1v) is 9.92. The van der Waals surface area contributed by atoms with Gasteiger partial charge in [0.25, 0.3) is 0 Å². The van der Waals surface area contributed by atoms with Crippen molar-refractivity contribution >= 4 is 5.97 Å². The number of nitrogens with zero attached hydrogens (tertiary/aromatic N) is 4. The molecular weight excluding hydrogens is 340 g/mol. The molecule has 0 spiro atoms. The van der Waals surface area contributed by atoms with Crippen molar-refractivity contribution in [1.29, 1.82) is 0 Å². The number of pyridine rings is 1. The van der Waals surface area contributed by atoms with E-state index in [9.17, 15) is 4.79 Å². The Labute approximate surface area is 160 Å². The molecule has 1 aliphatic heterocycles. The smallest absolute Gasteiger partial charge is 0.338 e. The molecule has 2 aromatic rings. The van der Waals surface area contributed by atoms with E-state index in [1.807, 2.05) is 6.92 Å². The quantitative estimate of drug-likeness (QED) is 0.734. The van der Waals surface area contributed by atoms with Gasteiger partial charge < -0.3 is 9.64 Å². The van der Waals surface area contributed by atoms with Gasteiger partial charge in [-0.3, -0.25) is 9.67 Å². The lowest BCUT2D eigenvalue weighted by atomic mass is 10.0. The third-order valence-corrected chi connectivity index (χ3v) is 5.85. The Kier molecular flexibility index (Phi) is 5.25. The SMILES string of the molecule is COC(=O)c1ccncc1Cc1cn(C2CCN(CC3CC3)CC2)nc1C. The van der Waals surface area contributed by atoms with Gasteiger partial charge in [0.15, 0.2) is 0 Å². The van der Waals surface area contributed by atoms with Crippen LogP contribution in [-0.4, -0.2) is 52.4 Å². The van der Waals surface area contributed by atoms with Gasteiger partial charge in [-0.15, -0.1) is 0 Å². The van der Waals surface area contributed by atoms with Crippen LogP contribution in [0.25, 0.3) is 0 Å². The fourth-order valence-electron chi connectivity index (χ4n) is 3.99. The molecule has 6 nitrogen and oxygen atoms in total. The van der Waals surface area contributed by atoms with E-state index in [1.165, 1.54) is 39.6 Å². The van der Waals surface area contributed by atoms with Crippen molar-refractivity contribution in [3.63, 3.8) is 0 Å². The van der Waals surface area contributed by atoms with Crippen LogP contribution in [0.5, 0.6) is 0 Å². The highest BCUT2D eigenvalue weighted by Crippen LogP contribution is 2.32. The van der Waals surface area contributed by atoms with Crippen LogP contribution in [0.15, 0.2) is 24.7 Å². The predicted molar refractivity (Wildman–Crippen MR) is 103 cm³/mol. The molecule has 27 heavy (non-hydrogen) atoms. The fraction of sp³-hybridized carbons (Fsp3) is 0.571. The minimum Gasteiger partial charge on any atom is -0.465 e. The molecule has 1 saturated heterocycles. The summed E-state index contributed by atoms with van der Waals surface area (Å²) >= 11 is 0. The molecule has 0 amide bonds. The van der Waals surface area contributed by atoms with Gasteiger partial charge in [-0.1, -0.05) is 0 Å². The number of aromatic nitrogens is 3. The monoisotopic (exact) mass is 368 g/mol. The average Bonchev–Trinajstić information content (AvgIpc) is 3.44. The topological polar surface area (TPSA) is 60.2 Å². The number of likely N-dealkylation sites (tertiary alicyclic amines) is 1. The summed E-state index contributed by atoms with van der Waals surface area (Å²) < 4.78 is 7.04. The van der Waals surface area contributed by atoms with Crippen LogP contribution < -0.4 is 0 Å². The molecule has 0 aromatic carbocycles. The normalized spacial score (nSPS) is 18.6. The minimum absolute atomic E-state index is 0.319. The number of esters is 1. The number of carbonyl (C=O) groups excluding carboxylic acids is 1. The van der Waals surface area contributed by atoms with Crippen LogP contribution in [0.4, 0.5) is 0 Å². The van der Waals surface area contributed by atoms with Gasteiger partial charge in [-0.25, -0.2) is 4.79 Å². The molecule has 0 radical (unpaired) electrons. The maximum atomic E-state index is 12.0. The molecule has 6 heteroatoms. The van der Waals surface area contributed by atoms with Crippen LogP contribution in [-0.2, 0) is 11.2 Å². The van der Waals surface area contributed by atoms with Crippen molar-refractivity contribution in [3.05, 3.63) is 47.0 Å². The van der Waals surface area contributed by atoms with Crippen molar-refractivity contribution in [2.45, 2.75) is 45.1 Å². The van der Waals surface area contributed by atoms with Gasteiger partial charge in [0.2, 0.25) is 0 Å². The summed E-state index contributed by atoms with van der Waals surface area (Å²) in [5, 5.41) is 4.79. The molecule has 2 fully saturated rings. The Hall–Kier alpha value is -2.21. The first-order chi connectivity index (χ1) is 13.1. The average molecular weight is 368 g/mol. The Morgan fingerprint density at radius 2 is 2.00 bits per heavy atom. The van der Waals surface area contributed by atoms with Crippen molar-refractivity contribution in [1.82, 2.24) is 19.7 Å². The highest BCUT2D eigenvalue weighted by atomic mass is 16.5. The van der Waals surface area contributed by atoms with Crippen LogP contribution >= 0.6 is 0 Å². The molecule has 0 atom stereocenters. The zero-order valence-electron chi connectivity index (χ0n) is 16.2. The van der Waals surface area contributed by atoms with Gasteiger partial charge in [-0.2, -0.15) is 5.10 Å². The van der Waals surface area contributed by atoms with Gasteiger partial charge in [0.1, 0.15) is 0 Å². The zero-order chi connectivity index (χ0) is 18.8. The highest BCUT2D eigenvalue weighted by molar-refractivity contribution is 5.90. The minimum atomic E-state index is -0.319. The molecule has 144 valence electrons.